The molecular weight excluding hydrogens is 278 g/mol. The molecule has 1 aliphatic rings. The van der Waals surface area contributed by atoms with Crippen molar-refractivity contribution in [2.24, 2.45) is 5.92 Å². The summed E-state index contributed by atoms with van der Waals surface area (Å²) in [6.07, 6.45) is 0.978. The fraction of sp³-hybridized carbons (Fsp3) is 0.353. The average Bonchev–Trinajstić information content (AvgIpc) is 2.50. The number of carbonyl (C=O) groups is 1. The number of H-pyrrole nitrogens is 1. The molecule has 2 heterocycles. The number of aromatic amines is 1. The molecule has 0 bridgehead atoms. The summed E-state index contributed by atoms with van der Waals surface area (Å²) in [7, 11) is 0. The smallest absolute Gasteiger partial charge is 0.278 e. The number of fused-ring (bicyclic) bond motifs is 1. The number of aromatic nitrogens is 2. The van der Waals surface area contributed by atoms with Crippen molar-refractivity contribution >= 4 is 11.6 Å². The molecule has 0 spiro atoms. The number of rotatable bonds is 1. The maximum Gasteiger partial charge on any atom is 0.278 e. The van der Waals surface area contributed by atoms with E-state index < -0.39 is 0 Å². The van der Waals surface area contributed by atoms with Gasteiger partial charge in [0.15, 0.2) is 0 Å². The summed E-state index contributed by atoms with van der Waals surface area (Å²) in [6.45, 7) is 6.91. The largest absolute Gasteiger partial charge is 0.306 e. The molecule has 5 heteroatoms. The molecule has 5 nitrogen and oxygen atoms in total. The Morgan fingerprint density at radius 3 is 2.64 bits per heavy atom. The number of hydrogen-bond acceptors (Lipinski definition) is 3. The van der Waals surface area contributed by atoms with Crippen LogP contribution in [0.1, 0.15) is 34.1 Å². The van der Waals surface area contributed by atoms with Crippen molar-refractivity contribution in [3.63, 3.8) is 0 Å². The molecule has 0 aliphatic carbocycles. The first kappa shape index (κ1) is 14.5. The maximum absolute atomic E-state index is 12.8. The van der Waals surface area contributed by atoms with Crippen molar-refractivity contribution in [1.29, 1.82) is 0 Å². The van der Waals surface area contributed by atoms with Crippen LogP contribution in [0.25, 0.3) is 0 Å². The third-order valence-electron chi connectivity index (χ3n) is 4.18. The van der Waals surface area contributed by atoms with E-state index in [2.05, 4.69) is 30.1 Å². The first-order valence-corrected chi connectivity index (χ1v) is 7.44. The fourth-order valence-corrected chi connectivity index (χ4v) is 3.09. The molecule has 1 unspecified atom stereocenters. The molecule has 2 aromatic rings. The van der Waals surface area contributed by atoms with Gasteiger partial charge in [0.25, 0.3) is 11.5 Å². The van der Waals surface area contributed by atoms with Crippen LogP contribution < -0.4 is 10.5 Å². The molecule has 1 N–H and O–H groups in total. The summed E-state index contributed by atoms with van der Waals surface area (Å²) in [5.41, 5.74) is 4.48. The number of hydrogen-bond donors (Lipinski definition) is 1. The van der Waals surface area contributed by atoms with E-state index in [9.17, 15) is 9.59 Å². The molecule has 0 fully saturated rings. The van der Waals surface area contributed by atoms with Crippen LogP contribution in [0.15, 0.2) is 29.1 Å². The number of aryl methyl sites for hydroxylation is 2. The lowest BCUT2D eigenvalue weighted by atomic mass is 9.88. The fourth-order valence-electron chi connectivity index (χ4n) is 3.09. The van der Waals surface area contributed by atoms with Crippen LogP contribution >= 0.6 is 0 Å². The quantitative estimate of drug-likeness (QED) is 0.877. The predicted molar refractivity (Wildman–Crippen MR) is 85.3 cm³/mol. The van der Waals surface area contributed by atoms with Crippen molar-refractivity contribution < 1.29 is 4.79 Å². The Hall–Kier alpha value is -2.43. The normalized spacial score (nSPS) is 17.2. The van der Waals surface area contributed by atoms with Crippen LogP contribution in [-0.4, -0.2) is 22.6 Å². The van der Waals surface area contributed by atoms with Gasteiger partial charge in [-0.05, 0) is 48.9 Å². The highest BCUT2D eigenvalue weighted by molar-refractivity contribution is 6.06. The molecule has 22 heavy (non-hydrogen) atoms. The van der Waals surface area contributed by atoms with Crippen LogP contribution in [0.4, 0.5) is 5.69 Å². The van der Waals surface area contributed by atoms with Crippen LogP contribution in [-0.2, 0) is 6.42 Å². The Kier molecular flexibility index (Phi) is 3.56. The summed E-state index contributed by atoms with van der Waals surface area (Å²) in [6, 6.07) is 6.96. The van der Waals surface area contributed by atoms with Crippen LogP contribution in [0.2, 0.25) is 0 Å². The Morgan fingerprint density at radius 1 is 1.23 bits per heavy atom. The second kappa shape index (κ2) is 5.40. The highest BCUT2D eigenvalue weighted by atomic mass is 16.2. The summed E-state index contributed by atoms with van der Waals surface area (Å²) in [4.78, 5) is 25.7. The monoisotopic (exact) mass is 297 g/mol. The van der Waals surface area contributed by atoms with Gasteiger partial charge in [0.2, 0.25) is 0 Å². The Bertz CT molecular complexity index is 774. The minimum absolute atomic E-state index is 0.169. The molecule has 1 aromatic carbocycles. The number of amides is 1. The molecule has 0 saturated heterocycles. The van der Waals surface area contributed by atoms with Gasteiger partial charge in [-0.25, -0.2) is 5.10 Å². The van der Waals surface area contributed by atoms with Gasteiger partial charge in [-0.15, -0.1) is 0 Å². The SMILES string of the molecule is Cc1ccc(C)c2c1CC(C)CN2C(=O)c1ccc(=O)[nH]n1. The Labute approximate surface area is 129 Å². The van der Waals surface area contributed by atoms with Gasteiger partial charge in [0, 0.05) is 12.6 Å². The second-order valence-electron chi connectivity index (χ2n) is 6.06. The van der Waals surface area contributed by atoms with Gasteiger partial charge in [-0.2, -0.15) is 5.10 Å². The zero-order valence-electron chi connectivity index (χ0n) is 13.0. The standard InChI is InChI=1S/C17H19N3O2/c1-10-8-13-11(2)4-5-12(3)16(13)20(9-10)17(22)14-6-7-15(21)19-18-14/h4-7,10H,8-9H2,1-3H3,(H,19,21). The third kappa shape index (κ3) is 2.43. The van der Waals surface area contributed by atoms with Crippen LogP contribution in [0.3, 0.4) is 0 Å². The third-order valence-corrected chi connectivity index (χ3v) is 4.18. The van der Waals surface area contributed by atoms with Gasteiger partial charge in [-0.3, -0.25) is 9.59 Å². The lowest BCUT2D eigenvalue weighted by Crippen LogP contribution is -2.40. The number of benzene rings is 1. The van der Waals surface area contributed by atoms with Gasteiger partial charge < -0.3 is 4.90 Å². The van der Waals surface area contributed by atoms with Crippen LogP contribution in [0.5, 0.6) is 0 Å². The minimum Gasteiger partial charge on any atom is -0.306 e. The van der Waals surface area contributed by atoms with Gasteiger partial charge in [0.05, 0.1) is 5.69 Å². The summed E-state index contributed by atoms with van der Waals surface area (Å²) >= 11 is 0. The van der Waals surface area contributed by atoms with Crippen molar-refractivity contribution in [1.82, 2.24) is 10.2 Å². The molecular formula is C17H19N3O2. The Morgan fingerprint density at radius 2 is 1.95 bits per heavy atom. The van der Waals surface area contributed by atoms with Crippen LogP contribution in [0, 0.1) is 19.8 Å². The zero-order valence-corrected chi connectivity index (χ0v) is 13.0. The first-order valence-electron chi connectivity index (χ1n) is 7.44. The number of nitrogens with zero attached hydrogens (tertiary/aromatic N) is 2. The van der Waals surface area contributed by atoms with Crippen molar-refractivity contribution in [2.75, 3.05) is 11.4 Å². The Balaban J connectivity index is 2.09. The lowest BCUT2D eigenvalue weighted by molar-refractivity contribution is 0.0975. The molecule has 1 aromatic heterocycles. The predicted octanol–water partition coefficient (Wildman–Crippen LogP) is 2.23. The van der Waals surface area contributed by atoms with E-state index in [0.717, 1.165) is 17.7 Å². The molecule has 1 amide bonds. The van der Waals surface area contributed by atoms with E-state index in [1.54, 1.807) is 4.90 Å². The van der Waals surface area contributed by atoms with Gasteiger partial charge in [-0.1, -0.05) is 19.1 Å². The van der Waals surface area contributed by atoms with E-state index in [1.165, 1.54) is 23.3 Å². The van der Waals surface area contributed by atoms with Gasteiger partial charge >= 0.3 is 0 Å². The van der Waals surface area contributed by atoms with Crippen molar-refractivity contribution in [3.8, 4) is 0 Å². The van der Waals surface area contributed by atoms with Crippen molar-refractivity contribution in [2.45, 2.75) is 27.2 Å². The maximum atomic E-state index is 12.8. The van der Waals surface area contributed by atoms with E-state index >= 15 is 0 Å². The molecule has 114 valence electrons. The molecule has 1 aliphatic heterocycles. The highest BCUT2D eigenvalue weighted by Crippen LogP contribution is 2.35. The van der Waals surface area contributed by atoms with Gasteiger partial charge in [0.1, 0.15) is 5.69 Å². The summed E-state index contributed by atoms with van der Waals surface area (Å²) < 4.78 is 0. The molecule has 3 rings (SSSR count). The molecule has 0 saturated carbocycles. The van der Waals surface area contributed by atoms with Crippen molar-refractivity contribution in [3.05, 3.63) is 57.0 Å². The lowest BCUT2D eigenvalue weighted by Gasteiger charge is -2.35. The first-order chi connectivity index (χ1) is 10.5. The average molecular weight is 297 g/mol. The number of nitrogens with one attached hydrogen (secondary N) is 1. The number of carbonyl (C=O) groups excluding carboxylic acids is 1. The molecule has 1 atom stereocenters. The number of anilines is 1. The minimum atomic E-state index is -0.309. The zero-order chi connectivity index (χ0) is 15.9. The second-order valence-corrected chi connectivity index (χ2v) is 6.06. The summed E-state index contributed by atoms with van der Waals surface area (Å²) in [5.74, 6) is 0.220. The van der Waals surface area contributed by atoms with E-state index in [-0.39, 0.29) is 17.2 Å². The highest BCUT2D eigenvalue weighted by Gasteiger charge is 2.30. The van der Waals surface area contributed by atoms with E-state index in [0.29, 0.717) is 12.5 Å². The van der Waals surface area contributed by atoms with E-state index in [4.69, 9.17) is 0 Å². The summed E-state index contributed by atoms with van der Waals surface area (Å²) in [5, 5.41) is 6.20. The topological polar surface area (TPSA) is 66.1 Å². The molecule has 0 radical (unpaired) electrons. The van der Waals surface area contributed by atoms with E-state index in [1.807, 2.05) is 13.0 Å².